The Bertz CT molecular complexity index is 1460. The maximum Gasteiger partial charge on any atom is 0.262 e. The molecular formula is C33H34N2O6. The van der Waals surface area contributed by atoms with Gasteiger partial charge in [0.2, 0.25) is 0 Å². The first-order chi connectivity index (χ1) is 19.6. The minimum absolute atomic E-state index is 0.0843. The summed E-state index contributed by atoms with van der Waals surface area (Å²) in [7, 11) is 0. The first-order valence-electron chi connectivity index (χ1n) is 13.2. The van der Waals surface area contributed by atoms with Gasteiger partial charge < -0.3 is 30.3 Å². The smallest absolute Gasteiger partial charge is 0.262 e. The van der Waals surface area contributed by atoms with Gasteiger partial charge in [0.05, 0.1) is 11.4 Å². The van der Waals surface area contributed by atoms with Crippen LogP contribution in [0.4, 0.5) is 11.4 Å². The summed E-state index contributed by atoms with van der Waals surface area (Å²) in [5.74, 6) is 0.240. The van der Waals surface area contributed by atoms with Crippen molar-refractivity contribution in [3.63, 3.8) is 0 Å². The van der Waals surface area contributed by atoms with Crippen LogP contribution < -0.4 is 20.1 Å². The van der Waals surface area contributed by atoms with E-state index in [1.54, 1.807) is 36.4 Å². The van der Waals surface area contributed by atoms with Crippen LogP contribution in [0.25, 0.3) is 0 Å². The number of carbonyl (C=O) groups is 2. The molecule has 0 aromatic heterocycles. The lowest BCUT2D eigenvalue weighted by Crippen LogP contribution is -2.20. The van der Waals surface area contributed by atoms with Crippen molar-refractivity contribution in [1.82, 2.24) is 0 Å². The van der Waals surface area contributed by atoms with E-state index in [9.17, 15) is 19.8 Å². The summed E-state index contributed by atoms with van der Waals surface area (Å²) >= 11 is 0. The lowest BCUT2D eigenvalue weighted by Gasteiger charge is -2.12. The summed E-state index contributed by atoms with van der Waals surface area (Å²) in [4.78, 5) is 24.7. The van der Waals surface area contributed by atoms with Gasteiger partial charge in [0.25, 0.3) is 11.8 Å². The zero-order valence-corrected chi connectivity index (χ0v) is 23.6. The normalized spacial score (nSPS) is 10.6. The van der Waals surface area contributed by atoms with E-state index in [1.165, 1.54) is 0 Å². The van der Waals surface area contributed by atoms with E-state index in [4.69, 9.17) is 9.47 Å². The number of rotatable bonds is 10. The summed E-state index contributed by atoms with van der Waals surface area (Å²) < 4.78 is 11.1. The monoisotopic (exact) mass is 554 g/mol. The number of amides is 2. The Labute approximate surface area is 239 Å². The van der Waals surface area contributed by atoms with Crippen LogP contribution in [0.3, 0.4) is 0 Å². The van der Waals surface area contributed by atoms with E-state index in [0.717, 1.165) is 33.4 Å². The highest BCUT2D eigenvalue weighted by atomic mass is 16.5. The summed E-state index contributed by atoms with van der Waals surface area (Å²) in [5.41, 5.74) is 6.50. The van der Waals surface area contributed by atoms with E-state index >= 15 is 0 Å². The molecule has 0 unspecified atom stereocenters. The highest BCUT2D eigenvalue weighted by Gasteiger charge is 2.12. The van der Waals surface area contributed by atoms with Crippen molar-refractivity contribution in [1.29, 1.82) is 0 Å². The maximum atomic E-state index is 12.3. The molecule has 0 aliphatic rings. The topological polar surface area (TPSA) is 117 Å². The van der Waals surface area contributed by atoms with Gasteiger partial charge in [0, 0.05) is 0 Å². The summed E-state index contributed by atoms with van der Waals surface area (Å²) in [6.45, 7) is 7.57. The van der Waals surface area contributed by atoms with Crippen molar-refractivity contribution in [2.75, 3.05) is 23.8 Å². The van der Waals surface area contributed by atoms with Gasteiger partial charge in [-0.05, 0) is 116 Å². The standard InChI is InChI=1S/C33H34N2O6/c1-20-5-9-26(13-22(20)3)40-18-32(38)34-28-11-7-24(16-30(28)36)15-25-8-12-29(31(37)17-25)35-33(39)19-41-27-10-6-21(2)23(4)14-27/h5-14,16-17,36-37H,15,18-19H2,1-4H3,(H,34,38)(H,35,39). The van der Waals surface area contributed by atoms with Crippen LogP contribution in [-0.4, -0.2) is 35.2 Å². The predicted octanol–water partition coefficient (Wildman–Crippen LogP) is 5.96. The molecule has 0 saturated heterocycles. The molecule has 4 aromatic carbocycles. The highest BCUT2D eigenvalue weighted by Crippen LogP contribution is 2.29. The van der Waals surface area contributed by atoms with Crippen molar-refractivity contribution < 1.29 is 29.3 Å². The highest BCUT2D eigenvalue weighted by molar-refractivity contribution is 5.94. The molecule has 4 rings (SSSR count). The van der Waals surface area contributed by atoms with Crippen molar-refractivity contribution in [2.45, 2.75) is 34.1 Å². The van der Waals surface area contributed by atoms with Crippen LogP contribution in [0.15, 0.2) is 72.8 Å². The molecule has 8 heteroatoms. The Hall–Kier alpha value is -4.98. The zero-order valence-electron chi connectivity index (χ0n) is 23.6. The first-order valence-corrected chi connectivity index (χ1v) is 13.2. The number of ether oxygens (including phenoxy) is 2. The molecule has 212 valence electrons. The first kappa shape index (κ1) is 29.0. The van der Waals surface area contributed by atoms with Gasteiger partial charge in [-0.3, -0.25) is 9.59 Å². The number of aromatic hydroxyl groups is 2. The van der Waals surface area contributed by atoms with Crippen LogP contribution in [0.2, 0.25) is 0 Å². The molecule has 0 bridgehead atoms. The molecule has 41 heavy (non-hydrogen) atoms. The number of aryl methyl sites for hydroxylation is 4. The van der Waals surface area contributed by atoms with E-state index in [0.29, 0.717) is 17.9 Å². The van der Waals surface area contributed by atoms with Crippen LogP contribution in [0, 0.1) is 27.7 Å². The second-order valence-electron chi connectivity index (χ2n) is 10.0. The molecule has 4 aromatic rings. The van der Waals surface area contributed by atoms with Crippen molar-refractivity contribution in [3.05, 3.63) is 106 Å². The third-order valence-corrected chi connectivity index (χ3v) is 6.78. The average Bonchev–Trinajstić information content (AvgIpc) is 2.93. The van der Waals surface area contributed by atoms with Crippen molar-refractivity contribution in [2.24, 2.45) is 0 Å². The average molecular weight is 555 g/mol. The number of phenols is 2. The molecule has 0 aliphatic carbocycles. The second-order valence-corrected chi connectivity index (χ2v) is 10.0. The number of benzene rings is 4. The zero-order chi connectivity index (χ0) is 29.5. The second kappa shape index (κ2) is 12.9. The fraction of sp³-hybridized carbons (Fsp3) is 0.212. The number of phenolic OH excluding ortho intramolecular Hbond substituents is 2. The third-order valence-electron chi connectivity index (χ3n) is 6.78. The van der Waals surface area contributed by atoms with E-state index in [2.05, 4.69) is 10.6 Å². The van der Waals surface area contributed by atoms with Crippen LogP contribution in [-0.2, 0) is 16.0 Å². The van der Waals surface area contributed by atoms with Gasteiger partial charge in [-0.25, -0.2) is 0 Å². The van der Waals surface area contributed by atoms with E-state index < -0.39 is 11.8 Å². The lowest BCUT2D eigenvalue weighted by atomic mass is 10.0. The fourth-order valence-electron chi connectivity index (χ4n) is 4.10. The number of anilines is 2. The lowest BCUT2D eigenvalue weighted by molar-refractivity contribution is -0.118. The van der Waals surface area contributed by atoms with Gasteiger partial charge in [-0.1, -0.05) is 24.3 Å². The van der Waals surface area contributed by atoms with Gasteiger partial charge in [-0.15, -0.1) is 0 Å². The maximum absolute atomic E-state index is 12.3. The number of nitrogens with one attached hydrogen (secondary N) is 2. The van der Waals surface area contributed by atoms with Gasteiger partial charge in [-0.2, -0.15) is 0 Å². The minimum Gasteiger partial charge on any atom is -0.506 e. The predicted molar refractivity (Wildman–Crippen MR) is 159 cm³/mol. The molecule has 4 N–H and O–H groups in total. The van der Waals surface area contributed by atoms with Crippen LogP contribution in [0.5, 0.6) is 23.0 Å². The Kier molecular flexibility index (Phi) is 9.14. The third kappa shape index (κ3) is 8.02. The van der Waals surface area contributed by atoms with Crippen molar-refractivity contribution in [3.8, 4) is 23.0 Å². The largest absolute Gasteiger partial charge is 0.506 e. The number of hydrogen-bond acceptors (Lipinski definition) is 6. The van der Waals surface area contributed by atoms with Crippen LogP contribution in [0.1, 0.15) is 33.4 Å². The quantitative estimate of drug-likeness (QED) is 0.180. The minimum atomic E-state index is -0.395. The van der Waals surface area contributed by atoms with E-state index in [-0.39, 0.29) is 36.1 Å². The number of carbonyl (C=O) groups excluding carboxylic acids is 2. The van der Waals surface area contributed by atoms with Crippen LogP contribution >= 0.6 is 0 Å². The Morgan fingerprint density at radius 3 is 1.37 bits per heavy atom. The van der Waals surface area contributed by atoms with Crippen molar-refractivity contribution >= 4 is 23.2 Å². The number of hydrogen-bond donors (Lipinski definition) is 4. The molecule has 8 nitrogen and oxygen atoms in total. The van der Waals surface area contributed by atoms with Gasteiger partial charge in [0.1, 0.15) is 23.0 Å². The SMILES string of the molecule is Cc1ccc(OCC(=O)Nc2ccc(Cc3ccc(NC(=O)COc4ccc(C)c(C)c4)c(O)c3)cc2O)cc1C. The molecular weight excluding hydrogens is 520 g/mol. The molecule has 0 radical (unpaired) electrons. The molecule has 0 saturated carbocycles. The Morgan fingerprint density at radius 2 is 1.00 bits per heavy atom. The molecule has 0 spiro atoms. The summed E-state index contributed by atoms with van der Waals surface area (Å²) in [6, 6.07) is 21.1. The van der Waals surface area contributed by atoms with E-state index in [1.807, 2.05) is 64.1 Å². The molecule has 0 aliphatic heterocycles. The summed E-state index contributed by atoms with van der Waals surface area (Å²) in [6.07, 6.45) is 0.412. The summed E-state index contributed by atoms with van der Waals surface area (Å²) in [5, 5.41) is 26.2. The fourth-order valence-corrected chi connectivity index (χ4v) is 4.10. The van der Waals surface area contributed by atoms with Gasteiger partial charge in [0.15, 0.2) is 13.2 Å². The molecule has 0 heterocycles. The van der Waals surface area contributed by atoms with Gasteiger partial charge >= 0.3 is 0 Å². The molecule has 0 atom stereocenters. The Morgan fingerprint density at radius 1 is 0.585 bits per heavy atom. The Balaban J connectivity index is 1.29. The molecule has 2 amide bonds. The molecule has 0 fully saturated rings.